The van der Waals surface area contributed by atoms with Gasteiger partial charge in [0, 0.05) is 5.70 Å². The Kier molecular flexibility index (Phi) is 5.06. The summed E-state index contributed by atoms with van der Waals surface area (Å²) in [5.41, 5.74) is 14.6. The lowest BCUT2D eigenvalue weighted by atomic mass is 10.0. The van der Waals surface area contributed by atoms with Crippen molar-refractivity contribution in [2.24, 2.45) is 17.4 Å². The van der Waals surface area contributed by atoms with E-state index in [9.17, 15) is 0 Å². The van der Waals surface area contributed by atoms with Crippen molar-refractivity contribution in [1.82, 2.24) is 0 Å². The molecule has 0 spiro atoms. The van der Waals surface area contributed by atoms with Crippen molar-refractivity contribution >= 4 is 5.70 Å². The van der Waals surface area contributed by atoms with Crippen LogP contribution in [-0.2, 0) is 6.42 Å². The van der Waals surface area contributed by atoms with Crippen LogP contribution in [0.2, 0.25) is 0 Å². The van der Waals surface area contributed by atoms with E-state index < -0.39 is 0 Å². The zero-order valence-corrected chi connectivity index (χ0v) is 10.2. The molecule has 1 rings (SSSR count). The summed E-state index contributed by atoms with van der Waals surface area (Å²) in [4.78, 5) is 0. The van der Waals surface area contributed by atoms with E-state index in [2.05, 4.69) is 38.1 Å². The Morgan fingerprint density at radius 1 is 1.25 bits per heavy atom. The van der Waals surface area contributed by atoms with Crippen molar-refractivity contribution in [2.75, 3.05) is 6.54 Å². The summed E-state index contributed by atoms with van der Waals surface area (Å²) in [6.45, 7) is 5.10. The maximum atomic E-state index is 5.94. The van der Waals surface area contributed by atoms with E-state index in [-0.39, 0.29) is 0 Å². The SMILES string of the molecule is CC(C)Cc1ccc(/C(N)=C/CCN)cc1. The number of rotatable bonds is 5. The van der Waals surface area contributed by atoms with Crippen molar-refractivity contribution in [2.45, 2.75) is 26.7 Å². The molecule has 0 heterocycles. The number of hydrogen-bond acceptors (Lipinski definition) is 2. The molecule has 4 N–H and O–H groups in total. The molecule has 0 bridgehead atoms. The number of benzene rings is 1. The number of hydrogen-bond donors (Lipinski definition) is 2. The molecule has 0 atom stereocenters. The van der Waals surface area contributed by atoms with Crippen LogP contribution in [0.5, 0.6) is 0 Å². The van der Waals surface area contributed by atoms with Crippen molar-refractivity contribution in [1.29, 1.82) is 0 Å². The largest absolute Gasteiger partial charge is 0.399 e. The molecular weight excluding hydrogens is 196 g/mol. The van der Waals surface area contributed by atoms with Crippen molar-refractivity contribution in [3.8, 4) is 0 Å². The molecule has 0 aliphatic carbocycles. The maximum absolute atomic E-state index is 5.94. The molecule has 0 aliphatic heterocycles. The Morgan fingerprint density at radius 2 is 1.88 bits per heavy atom. The Morgan fingerprint density at radius 3 is 2.38 bits per heavy atom. The van der Waals surface area contributed by atoms with Gasteiger partial charge in [-0.3, -0.25) is 0 Å². The highest BCUT2D eigenvalue weighted by atomic mass is 14.6. The van der Waals surface area contributed by atoms with Gasteiger partial charge in [-0.2, -0.15) is 0 Å². The van der Waals surface area contributed by atoms with E-state index >= 15 is 0 Å². The van der Waals surface area contributed by atoms with Gasteiger partial charge in [-0.15, -0.1) is 0 Å². The van der Waals surface area contributed by atoms with Gasteiger partial charge in [-0.05, 0) is 36.4 Å². The topological polar surface area (TPSA) is 52.0 Å². The lowest BCUT2D eigenvalue weighted by molar-refractivity contribution is 0.647. The molecule has 0 fully saturated rings. The summed E-state index contributed by atoms with van der Waals surface area (Å²) in [7, 11) is 0. The molecule has 2 nitrogen and oxygen atoms in total. The third-order valence-electron chi connectivity index (χ3n) is 2.46. The van der Waals surface area contributed by atoms with E-state index in [1.54, 1.807) is 0 Å². The van der Waals surface area contributed by atoms with Crippen LogP contribution < -0.4 is 11.5 Å². The van der Waals surface area contributed by atoms with Crippen LogP contribution in [0.25, 0.3) is 5.70 Å². The average molecular weight is 218 g/mol. The summed E-state index contributed by atoms with van der Waals surface area (Å²) in [6.07, 6.45) is 3.93. The molecule has 1 aromatic carbocycles. The summed E-state index contributed by atoms with van der Waals surface area (Å²) < 4.78 is 0. The zero-order valence-electron chi connectivity index (χ0n) is 10.2. The van der Waals surface area contributed by atoms with Crippen LogP contribution in [0.15, 0.2) is 30.3 Å². The standard InChI is InChI=1S/C14H22N2/c1-11(2)10-12-5-7-13(8-6-12)14(16)4-3-9-15/h4-8,11H,3,9-10,15-16H2,1-2H3/b14-4-. The molecule has 0 aliphatic rings. The maximum Gasteiger partial charge on any atom is 0.0347 e. The third kappa shape index (κ3) is 4.07. The molecule has 0 saturated carbocycles. The van der Waals surface area contributed by atoms with Gasteiger partial charge in [0.2, 0.25) is 0 Å². The Balaban J connectivity index is 2.70. The van der Waals surface area contributed by atoms with E-state index in [0.29, 0.717) is 12.5 Å². The van der Waals surface area contributed by atoms with Crippen molar-refractivity contribution in [3.05, 3.63) is 41.5 Å². The van der Waals surface area contributed by atoms with Crippen LogP contribution in [0.3, 0.4) is 0 Å². The second-order valence-electron chi connectivity index (χ2n) is 4.53. The Bertz CT molecular complexity index is 336. The molecule has 0 saturated heterocycles. The first-order valence-corrected chi connectivity index (χ1v) is 5.88. The second-order valence-corrected chi connectivity index (χ2v) is 4.53. The van der Waals surface area contributed by atoms with Gasteiger partial charge in [0.25, 0.3) is 0 Å². The fraction of sp³-hybridized carbons (Fsp3) is 0.429. The normalized spacial score (nSPS) is 12.1. The molecule has 16 heavy (non-hydrogen) atoms. The highest BCUT2D eigenvalue weighted by molar-refractivity contribution is 5.62. The van der Waals surface area contributed by atoms with E-state index in [4.69, 9.17) is 11.5 Å². The molecule has 0 unspecified atom stereocenters. The second kappa shape index (κ2) is 6.33. The van der Waals surface area contributed by atoms with Gasteiger partial charge in [0.05, 0.1) is 0 Å². The average Bonchev–Trinajstić information content (AvgIpc) is 2.26. The lowest BCUT2D eigenvalue weighted by Crippen LogP contribution is -2.01. The van der Waals surface area contributed by atoms with Crippen LogP contribution in [0.4, 0.5) is 0 Å². The molecular formula is C14H22N2. The fourth-order valence-electron chi connectivity index (χ4n) is 1.66. The van der Waals surface area contributed by atoms with E-state index in [1.165, 1.54) is 5.56 Å². The zero-order chi connectivity index (χ0) is 12.0. The van der Waals surface area contributed by atoms with Crippen LogP contribution >= 0.6 is 0 Å². The number of nitrogens with two attached hydrogens (primary N) is 2. The first kappa shape index (κ1) is 12.8. The third-order valence-corrected chi connectivity index (χ3v) is 2.46. The van der Waals surface area contributed by atoms with Gasteiger partial charge >= 0.3 is 0 Å². The molecule has 0 aromatic heterocycles. The molecule has 0 radical (unpaired) electrons. The van der Waals surface area contributed by atoms with Gasteiger partial charge in [-0.1, -0.05) is 44.2 Å². The summed E-state index contributed by atoms with van der Waals surface area (Å²) >= 11 is 0. The van der Waals surface area contributed by atoms with Gasteiger partial charge < -0.3 is 11.5 Å². The Hall–Kier alpha value is -1.28. The predicted octanol–water partition coefficient (Wildman–Crippen LogP) is 2.53. The predicted molar refractivity (Wildman–Crippen MR) is 70.8 cm³/mol. The van der Waals surface area contributed by atoms with Crippen LogP contribution in [0, 0.1) is 5.92 Å². The first-order valence-electron chi connectivity index (χ1n) is 5.88. The summed E-state index contributed by atoms with van der Waals surface area (Å²) in [5, 5.41) is 0. The van der Waals surface area contributed by atoms with E-state index in [0.717, 1.165) is 24.1 Å². The minimum absolute atomic E-state index is 0.645. The monoisotopic (exact) mass is 218 g/mol. The molecule has 2 heteroatoms. The van der Waals surface area contributed by atoms with Crippen molar-refractivity contribution in [3.63, 3.8) is 0 Å². The lowest BCUT2D eigenvalue weighted by Gasteiger charge is -2.06. The smallest absolute Gasteiger partial charge is 0.0347 e. The van der Waals surface area contributed by atoms with Gasteiger partial charge in [0.15, 0.2) is 0 Å². The highest BCUT2D eigenvalue weighted by Gasteiger charge is 1.99. The van der Waals surface area contributed by atoms with Gasteiger partial charge in [-0.25, -0.2) is 0 Å². The molecule has 0 amide bonds. The van der Waals surface area contributed by atoms with Crippen molar-refractivity contribution < 1.29 is 0 Å². The van der Waals surface area contributed by atoms with Crippen LogP contribution in [0.1, 0.15) is 31.4 Å². The minimum Gasteiger partial charge on any atom is -0.399 e. The molecule has 1 aromatic rings. The van der Waals surface area contributed by atoms with Crippen LogP contribution in [-0.4, -0.2) is 6.54 Å². The summed E-state index contributed by atoms with van der Waals surface area (Å²) in [6, 6.07) is 8.47. The fourth-order valence-corrected chi connectivity index (χ4v) is 1.66. The minimum atomic E-state index is 0.645. The molecule has 88 valence electrons. The quantitative estimate of drug-likeness (QED) is 0.798. The highest BCUT2D eigenvalue weighted by Crippen LogP contribution is 2.13. The summed E-state index contributed by atoms with van der Waals surface area (Å²) in [5.74, 6) is 0.691. The van der Waals surface area contributed by atoms with E-state index in [1.807, 2.05) is 6.08 Å². The first-order chi connectivity index (χ1) is 7.63. The Labute approximate surface area is 98.3 Å². The van der Waals surface area contributed by atoms with Gasteiger partial charge in [0.1, 0.15) is 0 Å².